The normalized spacial score (nSPS) is 8.81. The third-order valence-corrected chi connectivity index (χ3v) is 1.78. The highest BCUT2D eigenvalue weighted by Crippen LogP contribution is 2.09. The molecule has 0 bridgehead atoms. The molecule has 2 aromatic rings. The number of carbonyl (C=O) groups excluding carboxylic acids is 1. The second kappa shape index (κ2) is 6.29. The summed E-state index contributed by atoms with van der Waals surface area (Å²) < 4.78 is 4.46. The molecule has 0 aliphatic heterocycles. The number of aromatic nitrogens is 1. The number of esters is 1. The highest BCUT2D eigenvalue weighted by Gasteiger charge is 2.02. The highest BCUT2D eigenvalue weighted by atomic mass is 16.5. The lowest BCUT2D eigenvalue weighted by atomic mass is 10.2. The molecule has 16 heavy (non-hydrogen) atoms. The molecule has 4 heteroatoms. The van der Waals surface area contributed by atoms with Gasteiger partial charge < -0.3 is 14.8 Å². The summed E-state index contributed by atoms with van der Waals surface area (Å²) in [5.41, 5.74) is 0.435. The standard InChI is InChI=1S/C8H8O3.C4H5N/c1-11-8(10)6-2-4-7(9)5-3-6;1-2-4-5-3-1/h2-5,9H,1H3;1-5H. The van der Waals surface area contributed by atoms with Gasteiger partial charge in [-0.2, -0.15) is 0 Å². The maximum absolute atomic E-state index is 10.8. The van der Waals surface area contributed by atoms with Gasteiger partial charge in [0.15, 0.2) is 0 Å². The van der Waals surface area contributed by atoms with Crippen molar-refractivity contribution in [3.8, 4) is 5.75 Å². The van der Waals surface area contributed by atoms with E-state index in [4.69, 9.17) is 5.11 Å². The topological polar surface area (TPSA) is 62.3 Å². The van der Waals surface area contributed by atoms with Crippen LogP contribution in [0.2, 0.25) is 0 Å². The van der Waals surface area contributed by atoms with E-state index >= 15 is 0 Å². The summed E-state index contributed by atoms with van der Waals surface area (Å²) in [6, 6.07) is 9.76. The van der Waals surface area contributed by atoms with Crippen molar-refractivity contribution in [2.24, 2.45) is 0 Å². The van der Waals surface area contributed by atoms with E-state index in [1.165, 1.54) is 31.4 Å². The molecule has 0 saturated heterocycles. The Balaban J connectivity index is 0.000000212. The molecule has 0 atom stereocenters. The van der Waals surface area contributed by atoms with Gasteiger partial charge in [0.05, 0.1) is 12.7 Å². The molecule has 0 aliphatic carbocycles. The molecule has 1 aromatic carbocycles. The minimum atomic E-state index is -0.398. The van der Waals surface area contributed by atoms with Crippen LogP contribution in [0.15, 0.2) is 48.8 Å². The first-order chi connectivity index (χ1) is 7.74. The van der Waals surface area contributed by atoms with E-state index in [0.717, 1.165) is 0 Å². The summed E-state index contributed by atoms with van der Waals surface area (Å²) >= 11 is 0. The van der Waals surface area contributed by atoms with Gasteiger partial charge in [-0.15, -0.1) is 0 Å². The Morgan fingerprint density at radius 3 is 2.12 bits per heavy atom. The van der Waals surface area contributed by atoms with Crippen molar-refractivity contribution >= 4 is 5.97 Å². The van der Waals surface area contributed by atoms with E-state index in [1.54, 1.807) is 0 Å². The third kappa shape index (κ3) is 3.88. The fraction of sp³-hybridized carbons (Fsp3) is 0.0833. The second-order valence-electron chi connectivity index (χ2n) is 2.92. The highest BCUT2D eigenvalue weighted by molar-refractivity contribution is 5.89. The van der Waals surface area contributed by atoms with Crippen molar-refractivity contribution in [2.75, 3.05) is 7.11 Å². The predicted molar refractivity (Wildman–Crippen MR) is 60.2 cm³/mol. The summed E-state index contributed by atoms with van der Waals surface area (Å²) in [4.78, 5) is 13.7. The molecule has 2 rings (SSSR count). The number of carbonyl (C=O) groups is 1. The van der Waals surface area contributed by atoms with Gasteiger partial charge >= 0.3 is 5.97 Å². The van der Waals surface area contributed by atoms with E-state index in [0.29, 0.717) is 5.56 Å². The Kier molecular flexibility index (Phi) is 4.66. The summed E-state index contributed by atoms with van der Waals surface area (Å²) in [6.45, 7) is 0. The molecule has 1 aromatic heterocycles. The largest absolute Gasteiger partial charge is 0.508 e. The summed E-state index contributed by atoms with van der Waals surface area (Å²) in [5, 5.41) is 8.86. The number of nitrogens with one attached hydrogen (secondary N) is 1. The van der Waals surface area contributed by atoms with Crippen LogP contribution in [0.3, 0.4) is 0 Å². The number of H-pyrrole nitrogens is 1. The summed E-state index contributed by atoms with van der Waals surface area (Å²) in [6.07, 6.45) is 3.75. The number of ether oxygens (including phenoxy) is 1. The maximum Gasteiger partial charge on any atom is 0.337 e. The smallest absolute Gasteiger partial charge is 0.337 e. The van der Waals surface area contributed by atoms with E-state index in [2.05, 4.69) is 9.72 Å². The molecule has 1 heterocycles. The van der Waals surface area contributed by atoms with Gasteiger partial charge in [-0.05, 0) is 36.4 Å². The van der Waals surface area contributed by atoms with Crippen LogP contribution in [0, 0.1) is 0 Å². The number of rotatable bonds is 1. The fourth-order valence-corrected chi connectivity index (χ4v) is 0.993. The van der Waals surface area contributed by atoms with E-state index in [-0.39, 0.29) is 5.75 Å². The van der Waals surface area contributed by atoms with Crippen LogP contribution in [0.1, 0.15) is 10.4 Å². The average Bonchev–Trinajstić information content (AvgIpc) is 2.88. The molecular weight excluding hydrogens is 206 g/mol. The summed E-state index contributed by atoms with van der Waals surface area (Å²) in [5.74, 6) is -0.261. The molecule has 0 amide bonds. The van der Waals surface area contributed by atoms with Crippen LogP contribution in [0.4, 0.5) is 0 Å². The first-order valence-corrected chi connectivity index (χ1v) is 4.69. The molecule has 0 spiro atoms. The molecule has 0 aliphatic rings. The third-order valence-electron chi connectivity index (χ3n) is 1.78. The van der Waals surface area contributed by atoms with Crippen LogP contribution in [0.5, 0.6) is 5.75 Å². The average molecular weight is 219 g/mol. The Morgan fingerprint density at radius 1 is 1.19 bits per heavy atom. The lowest BCUT2D eigenvalue weighted by Crippen LogP contribution is -1.99. The SMILES string of the molecule is COC(=O)c1ccc(O)cc1.c1cc[nH]c1. The van der Waals surface area contributed by atoms with E-state index in [1.807, 2.05) is 24.5 Å². The molecule has 84 valence electrons. The first-order valence-electron chi connectivity index (χ1n) is 4.69. The van der Waals surface area contributed by atoms with Crippen LogP contribution < -0.4 is 0 Å². The zero-order chi connectivity index (χ0) is 11.8. The van der Waals surface area contributed by atoms with Crippen molar-refractivity contribution in [3.63, 3.8) is 0 Å². The lowest BCUT2D eigenvalue weighted by Gasteiger charge is -1.97. The van der Waals surface area contributed by atoms with E-state index < -0.39 is 5.97 Å². The number of aromatic amines is 1. The quantitative estimate of drug-likeness (QED) is 0.723. The first kappa shape index (κ1) is 11.8. The van der Waals surface area contributed by atoms with Gasteiger partial charge in [0.1, 0.15) is 5.75 Å². The number of aromatic hydroxyl groups is 1. The lowest BCUT2D eigenvalue weighted by molar-refractivity contribution is 0.0600. The Bertz CT molecular complexity index is 389. The Labute approximate surface area is 93.5 Å². The van der Waals surface area contributed by atoms with E-state index in [9.17, 15) is 4.79 Å². The van der Waals surface area contributed by atoms with Crippen molar-refractivity contribution in [1.82, 2.24) is 4.98 Å². The second-order valence-corrected chi connectivity index (χ2v) is 2.92. The Hall–Kier alpha value is -2.23. The maximum atomic E-state index is 10.8. The van der Waals surface area contributed by atoms with Gasteiger partial charge in [0.25, 0.3) is 0 Å². The van der Waals surface area contributed by atoms with Gasteiger partial charge in [0, 0.05) is 12.4 Å². The zero-order valence-electron chi connectivity index (χ0n) is 8.88. The van der Waals surface area contributed by atoms with Gasteiger partial charge in [-0.1, -0.05) is 0 Å². The zero-order valence-corrected chi connectivity index (χ0v) is 8.88. The number of methoxy groups -OCH3 is 1. The fourth-order valence-electron chi connectivity index (χ4n) is 0.993. The molecule has 4 nitrogen and oxygen atoms in total. The van der Waals surface area contributed by atoms with Crippen LogP contribution in [0.25, 0.3) is 0 Å². The minimum absolute atomic E-state index is 0.137. The molecular formula is C12H13NO3. The van der Waals surface area contributed by atoms with Crippen LogP contribution in [-0.2, 0) is 4.74 Å². The van der Waals surface area contributed by atoms with Crippen molar-refractivity contribution in [2.45, 2.75) is 0 Å². The molecule has 2 N–H and O–H groups in total. The predicted octanol–water partition coefficient (Wildman–Crippen LogP) is 2.19. The summed E-state index contributed by atoms with van der Waals surface area (Å²) in [7, 11) is 1.31. The van der Waals surface area contributed by atoms with Crippen LogP contribution >= 0.6 is 0 Å². The van der Waals surface area contributed by atoms with Crippen molar-refractivity contribution in [3.05, 3.63) is 54.4 Å². The number of hydrogen-bond acceptors (Lipinski definition) is 3. The monoisotopic (exact) mass is 219 g/mol. The van der Waals surface area contributed by atoms with Crippen LogP contribution in [-0.4, -0.2) is 23.2 Å². The number of phenols is 1. The van der Waals surface area contributed by atoms with Crippen molar-refractivity contribution < 1.29 is 14.6 Å². The molecule has 0 fully saturated rings. The molecule has 0 saturated carbocycles. The van der Waals surface area contributed by atoms with Gasteiger partial charge in [-0.3, -0.25) is 0 Å². The number of phenolic OH excluding ortho intramolecular Hbond substituents is 1. The van der Waals surface area contributed by atoms with Gasteiger partial charge in [0.2, 0.25) is 0 Å². The Morgan fingerprint density at radius 2 is 1.75 bits per heavy atom. The molecule has 0 unspecified atom stereocenters. The number of hydrogen-bond donors (Lipinski definition) is 2. The minimum Gasteiger partial charge on any atom is -0.508 e. The number of benzene rings is 1. The van der Waals surface area contributed by atoms with Gasteiger partial charge in [-0.25, -0.2) is 4.79 Å². The van der Waals surface area contributed by atoms with Crippen molar-refractivity contribution in [1.29, 1.82) is 0 Å². The molecule has 0 radical (unpaired) electrons.